The lowest BCUT2D eigenvalue weighted by molar-refractivity contribution is 0.621. The van der Waals surface area contributed by atoms with E-state index in [1.54, 1.807) is 0 Å². The third-order valence-electron chi connectivity index (χ3n) is 5.06. The zero-order valence-electron chi connectivity index (χ0n) is 19.2. The highest BCUT2D eigenvalue weighted by Gasteiger charge is 2.31. The fraction of sp³-hybridized carbons (Fsp3) is 0.379. The molecule has 0 N–H and O–H groups in total. The van der Waals surface area contributed by atoms with E-state index >= 15 is 4.39 Å². The Morgan fingerprint density at radius 3 is 2.17 bits per heavy atom. The Balaban J connectivity index is 2.42. The molecule has 0 radical (unpaired) electrons. The molecule has 1 aliphatic carbocycles. The number of halogens is 1. The van der Waals surface area contributed by atoms with Crippen molar-refractivity contribution in [2.24, 2.45) is 5.92 Å². The number of allylic oxidation sites excluding steroid dienone is 8. The van der Waals surface area contributed by atoms with Crippen LogP contribution in [0.3, 0.4) is 0 Å². The first kappa shape index (κ1) is 23.5. The number of hydrogen-bond donors (Lipinski definition) is 0. The first-order valence-corrected chi connectivity index (χ1v) is 10.9. The quantitative estimate of drug-likeness (QED) is 0.347. The minimum absolute atomic E-state index is 0.169. The summed E-state index contributed by atoms with van der Waals surface area (Å²) in [7, 11) is 0. The molecule has 0 aromatic heterocycles. The van der Waals surface area contributed by atoms with E-state index in [-0.39, 0.29) is 11.7 Å². The summed E-state index contributed by atoms with van der Waals surface area (Å²) < 4.78 is 15.5. The molecule has 1 aliphatic rings. The lowest BCUT2D eigenvalue weighted by Crippen LogP contribution is -1.96. The summed E-state index contributed by atoms with van der Waals surface area (Å²) in [6.07, 6.45) is 7.62. The van der Waals surface area contributed by atoms with Crippen molar-refractivity contribution in [1.82, 2.24) is 0 Å². The second-order valence-electron chi connectivity index (χ2n) is 8.11. The Bertz CT molecular complexity index is 994. The van der Waals surface area contributed by atoms with Crippen LogP contribution in [0.15, 0.2) is 70.1 Å². The summed E-state index contributed by atoms with van der Waals surface area (Å²) in [4.78, 5) is 0. The van der Waals surface area contributed by atoms with Gasteiger partial charge in [0.1, 0.15) is 5.83 Å². The van der Waals surface area contributed by atoms with Gasteiger partial charge in [0.15, 0.2) is 0 Å². The van der Waals surface area contributed by atoms with E-state index < -0.39 is 0 Å². The molecule has 0 bridgehead atoms. The number of benzene rings is 1. The van der Waals surface area contributed by atoms with Gasteiger partial charge in [0, 0.05) is 27.9 Å². The highest BCUT2D eigenvalue weighted by atomic mass is 19.1. The molecule has 0 spiro atoms. The number of aryl methyl sites for hydroxylation is 1. The van der Waals surface area contributed by atoms with Crippen molar-refractivity contribution in [3.63, 3.8) is 0 Å². The van der Waals surface area contributed by atoms with Crippen molar-refractivity contribution < 1.29 is 4.39 Å². The van der Waals surface area contributed by atoms with Gasteiger partial charge in [-0.1, -0.05) is 73.0 Å². The predicted octanol–water partition coefficient (Wildman–Crippen LogP) is 8.01. The van der Waals surface area contributed by atoms with Gasteiger partial charge < -0.3 is 0 Å². The van der Waals surface area contributed by atoms with Crippen molar-refractivity contribution in [1.29, 1.82) is 0 Å². The van der Waals surface area contributed by atoms with Gasteiger partial charge in [0.05, 0.1) is 0 Å². The summed E-state index contributed by atoms with van der Waals surface area (Å²) in [5, 5.41) is 0. The van der Waals surface area contributed by atoms with Crippen LogP contribution in [-0.4, -0.2) is 0 Å². The Kier molecular flexibility index (Phi) is 8.95. The van der Waals surface area contributed by atoms with E-state index in [1.165, 1.54) is 11.1 Å². The van der Waals surface area contributed by atoms with Gasteiger partial charge in [-0.25, -0.2) is 4.39 Å². The Labute approximate surface area is 182 Å². The van der Waals surface area contributed by atoms with E-state index in [4.69, 9.17) is 0 Å². The van der Waals surface area contributed by atoms with Gasteiger partial charge >= 0.3 is 0 Å². The SMILES string of the molecule is CC/C(C#Cc1ccc(C)cc1)=C(F)\C(=C(/C)C#C/C(=C/C=C(C)C)CC)C1CC1. The van der Waals surface area contributed by atoms with E-state index in [9.17, 15) is 0 Å². The average Bonchev–Trinajstić information content (AvgIpc) is 3.55. The molecule has 0 aliphatic heterocycles. The summed E-state index contributed by atoms with van der Waals surface area (Å²) in [5.41, 5.74) is 6.55. The van der Waals surface area contributed by atoms with Crippen LogP contribution in [0.2, 0.25) is 0 Å². The van der Waals surface area contributed by atoms with E-state index in [0.29, 0.717) is 12.0 Å². The van der Waals surface area contributed by atoms with Gasteiger partial charge in [-0.2, -0.15) is 0 Å². The molecule has 0 heterocycles. The normalized spacial score (nSPS) is 15.1. The van der Waals surface area contributed by atoms with Crippen molar-refractivity contribution in [2.45, 2.75) is 67.2 Å². The number of hydrogen-bond acceptors (Lipinski definition) is 0. The minimum atomic E-state index is -0.169. The summed E-state index contributed by atoms with van der Waals surface area (Å²) in [6.45, 7) is 12.2. The third kappa shape index (κ3) is 7.24. The van der Waals surface area contributed by atoms with Crippen LogP contribution in [0.1, 0.15) is 71.4 Å². The van der Waals surface area contributed by atoms with Gasteiger partial charge in [-0.3, -0.25) is 0 Å². The molecule has 0 amide bonds. The van der Waals surface area contributed by atoms with Crippen LogP contribution in [-0.2, 0) is 0 Å². The Hall–Kier alpha value is -2.77. The fourth-order valence-electron chi connectivity index (χ4n) is 3.02. The predicted molar refractivity (Wildman–Crippen MR) is 127 cm³/mol. The molecule has 1 heteroatoms. The number of rotatable bonds is 5. The molecule has 0 nitrogen and oxygen atoms in total. The lowest BCUT2D eigenvalue weighted by Gasteiger charge is -2.08. The summed E-state index contributed by atoms with van der Waals surface area (Å²) in [6, 6.07) is 8.01. The van der Waals surface area contributed by atoms with Crippen LogP contribution in [0.5, 0.6) is 0 Å². The van der Waals surface area contributed by atoms with Crippen LogP contribution in [0.4, 0.5) is 4.39 Å². The van der Waals surface area contributed by atoms with E-state index in [2.05, 4.69) is 56.6 Å². The molecule has 30 heavy (non-hydrogen) atoms. The van der Waals surface area contributed by atoms with Gasteiger partial charge in [0.2, 0.25) is 0 Å². The van der Waals surface area contributed by atoms with Crippen molar-refractivity contribution in [2.75, 3.05) is 0 Å². The molecule has 0 saturated heterocycles. The molecular formula is C29H33F. The second kappa shape index (κ2) is 11.4. The first-order valence-electron chi connectivity index (χ1n) is 10.9. The minimum Gasteiger partial charge on any atom is -0.206 e. The molecule has 2 rings (SSSR count). The second-order valence-corrected chi connectivity index (χ2v) is 8.11. The van der Waals surface area contributed by atoms with Crippen LogP contribution < -0.4 is 0 Å². The van der Waals surface area contributed by atoms with Crippen LogP contribution >= 0.6 is 0 Å². The molecule has 0 atom stereocenters. The zero-order valence-corrected chi connectivity index (χ0v) is 19.2. The lowest BCUT2D eigenvalue weighted by atomic mass is 9.98. The molecule has 1 aromatic rings. The molecule has 1 fully saturated rings. The maximum Gasteiger partial charge on any atom is 0.139 e. The van der Waals surface area contributed by atoms with Gasteiger partial charge in [-0.15, -0.1) is 0 Å². The maximum absolute atomic E-state index is 15.5. The topological polar surface area (TPSA) is 0 Å². The Morgan fingerprint density at radius 1 is 0.967 bits per heavy atom. The standard InChI is InChI=1S/C29H33F/c1-7-24(13-9-21(3)4)16-12-23(6)28(27-19-20-27)29(30)26(8-2)18-17-25-14-10-22(5)11-15-25/h9-11,13-15,27H,7-8,19-20H2,1-6H3/b24-13+,28-23+,29-26-. The monoisotopic (exact) mass is 400 g/mol. The first-order chi connectivity index (χ1) is 14.3. The smallest absolute Gasteiger partial charge is 0.139 e. The maximum atomic E-state index is 15.5. The van der Waals surface area contributed by atoms with Gasteiger partial charge in [-0.05, 0) is 71.4 Å². The molecule has 1 saturated carbocycles. The molecule has 156 valence electrons. The van der Waals surface area contributed by atoms with Crippen molar-refractivity contribution >= 4 is 0 Å². The molecular weight excluding hydrogens is 367 g/mol. The largest absolute Gasteiger partial charge is 0.206 e. The van der Waals surface area contributed by atoms with Gasteiger partial charge in [0.25, 0.3) is 0 Å². The van der Waals surface area contributed by atoms with E-state index in [0.717, 1.165) is 41.5 Å². The summed E-state index contributed by atoms with van der Waals surface area (Å²) >= 11 is 0. The van der Waals surface area contributed by atoms with E-state index in [1.807, 2.05) is 45.0 Å². The van der Waals surface area contributed by atoms with Crippen LogP contribution in [0.25, 0.3) is 0 Å². The average molecular weight is 401 g/mol. The fourth-order valence-corrected chi connectivity index (χ4v) is 3.02. The zero-order chi connectivity index (χ0) is 22.1. The van der Waals surface area contributed by atoms with Crippen molar-refractivity contribution in [3.05, 3.63) is 81.2 Å². The molecule has 0 unspecified atom stereocenters. The van der Waals surface area contributed by atoms with Crippen LogP contribution in [0, 0.1) is 36.5 Å². The van der Waals surface area contributed by atoms with Crippen molar-refractivity contribution in [3.8, 4) is 23.7 Å². The highest BCUT2D eigenvalue weighted by Crippen LogP contribution is 2.43. The highest BCUT2D eigenvalue weighted by molar-refractivity contribution is 5.52. The third-order valence-corrected chi connectivity index (χ3v) is 5.06. The summed E-state index contributed by atoms with van der Waals surface area (Å²) in [5.74, 6) is 12.8. The molecule has 1 aromatic carbocycles. The Morgan fingerprint density at radius 2 is 1.63 bits per heavy atom.